The fourth-order valence-electron chi connectivity index (χ4n) is 1.59. The van der Waals surface area contributed by atoms with E-state index in [2.05, 4.69) is 4.98 Å². The number of hydrogen-bond donors (Lipinski definition) is 2. The summed E-state index contributed by atoms with van der Waals surface area (Å²) in [5.74, 6) is -0.878. The molecule has 0 saturated heterocycles. The Morgan fingerprint density at radius 1 is 1.50 bits per heavy atom. The van der Waals surface area contributed by atoms with Gasteiger partial charge in [0.15, 0.2) is 0 Å². The van der Waals surface area contributed by atoms with Gasteiger partial charge >= 0.3 is 5.97 Å². The largest absolute Gasteiger partial charge is 0.478 e. The molecule has 0 aliphatic rings. The zero-order chi connectivity index (χ0) is 10.1. The average Bonchev–Trinajstić information content (AvgIpc) is 2.59. The summed E-state index contributed by atoms with van der Waals surface area (Å²) in [6.07, 6.45) is 0.883. The van der Waals surface area contributed by atoms with E-state index < -0.39 is 5.97 Å². The minimum Gasteiger partial charge on any atom is -0.478 e. The Morgan fingerprint density at radius 3 is 2.93 bits per heavy atom. The maximum atomic E-state index is 10.9. The molecule has 0 atom stereocenters. The van der Waals surface area contributed by atoms with Crippen molar-refractivity contribution in [2.24, 2.45) is 0 Å². The van der Waals surface area contributed by atoms with Gasteiger partial charge in [0.2, 0.25) is 0 Å². The summed E-state index contributed by atoms with van der Waals surface area (Å²) in [5.41, 5.74) is 2.31. The zero-order valence-electron chi connectivity index (χ0n) is 7.87. The summed E-state index contributed by atoms with van der Waals surface area (Å²) in [6.45, 7) is 2.03. The maximum Gasteiger partial charge on any atom is 0.336 e. The van der Waals surface area contributed by atoms with Gasteiger partial charge in [-0.3, -0.25) is 0 Å². The number of carboxylic acid groups (broad SMARTS) is 1. The lowest BCUT2D eigenvalue weighted by Crippen LogP contribution is -1.95. The fraction of sp³-hybridized carbons (Fsp3) is 0.182. The Bertz CT molecular complexity index is 485. The first-order valence-electron chi connectivity index (χ1n) is 4.56. The number of aromatic amines is 1. The van der Waals surface area contributed by atoms with Gasteiger partial charge in [-0.2, -0.15) is 0 Å². The third-order valence-electron chi connectivity index (χ3n) is 2.33. The minimum absolute atomic E-state index is 0.360. The molecule has 0 aliphatic heterocycles. The van der Waals surface area contributed by atoms with Crippen LogP contribution in [0.15, 0.2) is 24.3 Å². The summed E-state index contributed by atoms with van der Waals surface area (Å²) < 4.78 is 0. The molecule has 0 saturated carbocycles. The highest BCUT2D eigenvalue weighted by Crippen LogP contribution is 2.20. The molecular formula is C11H11NO2. The normalized spacial score (nSPS) is 10.6. The van der Waals surface area contributed by atoms with Crippen LogP contribution < -0.4 is 0 Å². The van der Waals surface area contributed by atoms with Crippen molar-refractivity contribution in [1.29, 1.82) is 0 Å². The number of aromatic nitrogens is 1. The van der Waals surface area contributed by atoms with E-state index in [0.717, 1.165) is 23.0 Å². The number of rotatable bonds is 2. The van der Waals surface area contributed by atoms with Crippen LogP contribution in [0.25, 0.3) is 10.9 Å². The van der Waals surface area contributed by atoms with E-state index in [1.54, 1.807) is 12.1 Å². The third kappa shape index (κ3) is 1.27. The van der Waals surface area contributed by atoms with Crippen LogP contribution in [-0.2, 0) is 6.42 Å². The highest BCUT2D eigenvalue weighted by Gasteiger charge is 2.09. The monoisotopic (exact) mass is 189 g/mol. The lowest BCUT2D eigenvalue weighted by molar-refractivity contribution is 0.0699. The van der Waals surface area contributed by atoms with Crippen molar-refractivity contribution in [3.8, 4) is 0 Å². The topological polar surface area (TPSA) is 53.1 Å². The van der Waals surface area contributed by atoms with E-state index in [-0.39, 0.29) is 0 Å². The molecule has 0 fully saturated rings. The fourth-order valence-corrected chi connectivity index (χ4v) is 1.59. The van der Waals surface area contributed by atoms with Gasteiger partial charge in [-0.25, -0.2) is 4.79 Å². The standard InChI is InChI=1S/C11H11NO2/c1-2-7-6-9-8(11(13)14)4-3-5-10(9)12-7/h3-6,12H,2H2,1H3,(H,13,14). The van der Waals surface area contributed by atoms with Gasteiger partial charge in [-0.05, 0) is 24.6 Å². The molecule has 72 valence electrons. The molecule has 0 unspecified atom stereocenters. The molecular weight excluding hydrogens is 178 g/mol. The Hall–Kier alpha value is -1.77. The quantitative estimate of drug-likeness (QED) is 0.762. The number of fused-ring (bicyclic) bond motifs is 1. The first-order chi connectivity index (χ1) is 6.72. The van der Waals surface area contributed by atoms with Gasteiger partial charge in [0, 0.05) is 16.6 Å². The van der Waals surface area contributed by atoms with Crippen molar-refractivity contribution in [3.05, 3.63) is 35.5 Å². The first-order valence-corrected chi connectivity index (χ1v) is 4.56. The lowest BCUT2D eigenvalue weighted by atomic mass is 10.1. The van der Waals surface area contributed by atoms with Crippen molar-refractivity contribution in [2.75, 3.05) is 0 Å². The highest BCUT2D eigenvalue weighted by molar-refractivity contribution is 6.03. The number of carboxylic acids is 1. The first kappa shape index (κ1) is 8.81. The van der Waals surface area contributed by atoms with Gasteiger partial charge in [-0.1, -0.05) is 13.0 Å². The van der Waals surface area contributed by atoms with E-state index in [9.17, 15) is 4.79 Å². The second-order valence-electron chi connectivity index (χ2n) is 3.22. The number of hydrogen-bond acceptors (Lipinski definition) is 1. The molecule has 0 spiro atoms. The van der Waals surface area contributed by atoms with Gasteiger partial charge < -0.3 is 10.1 Å². The predicted octanol–water partition coefficient (Wildman–Crippen LogP) is 2.43. The van der Waals surface area contributed by atoms with E-state index in [1.165, 1.54) is 0 Å². The number of carbonyl (C=O) groups is 1. The number of H-pyrrole nitrogens is 1. The molecule has 1 aromatic carbocycles. The Labute approximate surface area is 81.4 Å². The van der Waals surface area contributed by atoms with E-state index >= 15 is 0 Å². The molecule has 2 rings (SSSR count). The molecule has 3 heteroatoms. The number of aryl methyl sites for hydroxylation is 1. The van der Waals surface area contributed by atoms with Crippen LogP contribution in [0.3, 0.4) is 0 Å². The van der Waals surface area contributed by atoms with Crippen molar-refractivity contribution < 1.29 is 9.90 Å². The van der Waals surface area contributed by atoms with Gasteiger partial charge in [-0.15, -0.1) is 0 Å². The molecule has 0 radical (unpaired) electrons. The molecule has 1 heterocycles. The van der Waals surface area contributed by atoms with Crippen LogP contribution in [0.4, 0.5) is 0 Å². The van der Waals surface area contributed by atoms with E-state index in [1.807, 2.05) is 19.1 Å². The molecule has 0 bridgehead atoms. The molecule has 0 amide bonds. The zero-order valence-corrected chi connectivity index (χ0v) is 7.87. The maximum absolute atomic E-state index is 10.9. The van der Waals surface area contributed by atoms with E-state index in [4.69, 9.17) is 5.11 Å². The summed E-state index contributed by atoms with van der Waals surface area (Å²) >= 11 is 0. The van der Waals surface area contributed by atoms with Gasteiger partial charge in [0.25, 0.3) is 0 Å². The molecule has 0 aliphatic carbocycles. The molecule has 1 aromatic heterocycles. The Kier molecular flexibility index (Phi) is 2.00. The van der Waals surface area contributed by atoms with Crippen LogP contribution in [0, 0.1) is 0 Å². The summed E-state index contributed by atoms with van der Waals surface area (Å²) in [6, 6.07) is 7.17. The van der Waals surface area contributed by atoms with Crippen LogP contribution in [0.1, 0.15) is 23.0 Å². The average molecular weight is 189 g/mol. The van der Waals surface area contributed by atoms with Crippen LogP contribution >= 0.6 is 0 Å². The number of nitrogens with one attached hydrogen (secondary N) is 1. The van der Waals surface area contributed by atoms with E-state index in [0.29, 0.717) is 5.56 Å². The summed E-state index contributed by atoms with van der Waals surface area (Å²) in [7, 11) is 0. The lowest BCUT2D eigenvalue weighted by Gasteiger charge is -1.94. The third-order valence-corrected chi connectivity index (χ3v) is 2.33. The summed E-state index contributed by atoms with van der Waals surface area (Å²) in [4.78, 5) is 14.1. The number of aromatic carboxylic acids is 1. The van der Waals surface area contributed by atoms with Crippen molar-refractivity contribution in [3.63, 3.8) is 0 Å². The highest BCUT2D eigenvalue weighted by atomic mass is 16.4. The van der Waals surface area contributed by atoms with Crippen molar-refractivity contribution in [1.82, 2.24) is 4.98 Å². The van der Waals surface area contributed by atoms with Gasteiger partial charge in [0.05, 0.1) is 5.56 Å². The van der Waals surface area contributed by atoms with Crippen LogP contribution in [0.5, 0.6) is 0 Å². The number of benzene rings is 1. The molecule has 2 aromatic rings. The SMILES string of the molecule is CCc1cc2c(C(=O)O)cccc2[nH]1. The predicted molar refractivity (Wildman–Crippen MR) is 54.6 cm³/mol. The Morgan fingerprint density at radius 2 is 2.29 bits per heavy atom. The smallest absolute Gasteiger partial charge is 0.336 e. The van der Waals surface area contributed by atoms with Crippen LogP contribution in [-0.4, -0.2) is 16.1 Å². The van der Waals surface area contributed by atoms with Crippen molar-refractivity contribution >= 4 is 16.9 Å². The second-order valence-corrected chi connectivity index (χ2v) is 3.22. The van der Waals surface area contributed by atoms with Gasteiger partial charge in [0.1, 0.15) is 0 Å². The summed E-state index contributed by atoms with van der Waals surface area (Å²) in [5, 5.41) is 9.74. The Balaban J connectivity index is 2.73. The second kappa shape index (κ2) is 3.18. The molecule has 3 nitrogen and oxygen atoms in total. The van der Waals surface area contributed by atoms with Crippen LogP contribution in [0.2, 0.25) is 0 Å². The molecule has 14 heavy (non-hydrogen) atoms. The van der Waals surface area contributed by atoms with Crippen molar-refractivity contribution in [2.45, 2.75) is 13.3 Å². The molecule has 2 N–H and O–H groups in total. The minimum atomic E-state index is -0.878.